The highest BCUT2D eigenvalue weighted by atomic mass is 32.1. The van der Waals surface area contributed by atoms with Crippen LogP contribution in [0.25, 0.3) is 4.96 Å². The van der Waals surface area contributed by atoms with Crippen LogP contribution in [0.5, 0.6) is 0 Å². The van der Waals surface area contributed by atoms with E-state index < -0.39 is 5.97 Å². The lowest BCUT2D eigenvalue weighted by Gasteiger charge is -2.33. The van der Waals surface area contributed by atoms with Crippen molar-refractivity contribution in [1.82, 2.24) is 9.38 Å². The number of aromatic nitrogens is 2. The number of hydrogen-bond acceptors (Lipinski definition) is 3. The fourth-order valence-corrected chi connectivity index (χ4v) is 4.14. The Bertz CT molecular complexity index is 575. The monoisotopic (exact) mass is 292 g/mol. The van der Waals surface area contributed by atoms with Gasteiger partial charge in [0.1, 0.15) is 0 Å². The molecular formula is C15H20N2O2S. The van der Waals surface area contributed by atoms with E-state index in [0.29, 0.717) is 5.92 Å². The standard InChI is InChI=1S/C15H20N2O2S/c1-2-10-3-4-13(14(18)19)11(7-10)8-12-9-17-5-6-20-15(17)16-12/h5-6,9-11,13H,2-4,7-8H2,1H3,(H,18,19). The van der Waals surface area contributed by atoms with Gasteiger partial charge in [-0.2, -0.15) is 0 Å². The second-order valence-electron chi connectivity index (χ2n) is 5.82. The molecule has 0 spiro atoms. The number of nitrogens with zero attached hydrogens (tertiary/aromatic N) is 2. The quantitative estimate of drug-likeness (QED) is 0.938. The largest absolute Gasteiger partial charge is 0.481 e. The highest BCUT2D eigenvalue weighted by Gasteiger charge is 2.34. The molecule has 0 radical (unpaired) electrons. The van der Waals surface area contributed by atoms with Gasteiger partial charge in [0, 0.05) is 17.8 Å². The van der Waals surface area contributed by atoms with Crippen molar-refractivity contribution >= 4 is 22.3 Å². The molecular weight excluding hydrogens is 272 g/mol. The first kappa shape index (κ1) is 13.6. The highest BCUT2D eigenvalue weighted by Crippen LogP contribution is 2.37. The van der Waals surface area contributed by atoms with Gasteiger partial charge in [-0.1, -0.05) is 13.3 Å². The minimum atomic E-state index is -0.634. The predicted molar refractivity (Wildman–Crippen MR) is 79.0 cm³/mol. The normalized spacial score (nSPS) is 26.9. The molecule has 108 valence electrons. The van der Waals surface area contributed by atoms with E-state index in [0.717, 1.165) is 42.8 Å². The van der Waals surface area contributed by atoms with Crippen molar-refractivity contribution in [3.63, 3.8) is 0 Å². The summed E-state index contributed by atoms with van der Waals surface area (Å²) in [6.07, 6.45) is 8.89. The van der Waals surface area contributed by atoms with Gasteiger partial charge in [0.15, 0.2) is 4.96 Å². The smallest absolute Gasteiger partial charge is 0.306 e. The van der Waals surface area contributed by atoms with Crippen molar-refractivity contribution in [2.24, 2.45) is 17.8 Å². The Kier molecular flexibility index (Phi) is 3.78. The van der Waals surface area contributed by atoms with E-state index in [1.54, 1.807) is 11.3 Å². The Hall–Kier alpha value is -1.36. The summed E-state index contributed by atoms with van der Waals surface area (Å²) < 4.78 is 2.02. The molecule has 1 N–H and O–H groups in total. The summed E-state index contributed by atoms with van der Waals surface area (Å²) in [5.74, 6) is 0.0817. The number of hydrogen-bond donors (Lipinski definition) is 1. The Morgan fingerprint density at radius 2 is 2.40 bits per heavy atom. The van der Waals surface area contributed by atoms with E-state index in [4.69, 9.17) is 0 Å². The molecule has 3 atom stereocenters. The molecule has 5 heteroatoms. The number of carboxylic acid groups (broad SMARTS) is 1. The third-order valence-electron chi connectivity index (χ3n) is 4.60. The fraction of sp³-hybridized carbons (Fsp3) is 0.600. The zero-order valence-corrected chi connectivity index (χ0v) is 12.5. The van der Waals surface area contributed by atoms with Crippen LogP contribution < -0.4 is 0 Å². The molecule has 2 aromatic rings. The van der Waals surface area contributed by atoms with Crippen LogP contribution >= 0.6 is 11.3 Å². The van der Waals surface area contributed by atoms with Gasteiger partial charge >= 0.3 is 5.97 Å². The lowest BCUT2D eigenvalue weighted by Crippen LogP contribution is -2.32. The van der Waals surface area contributed by atoms with Gasteiger partial charge in [-0.3, -0.25) is 9.20 Å². The van der Waals surface area contributed by atoms with Crippen LogP contribution in [0, 0.1) is 17.8 Å². The first-order chi connectivity index (χ1) is 9.67. The van der Waals surface area contributed by atoms with Crippen LogP contribution in [-0.2, 0) is 11.2 Å². The Balaban J connectivity index is 1.77. The molecule has 3 rings (SSSR count). The first-order valence-electron chi connectivity index (χ1n) is 7.31. The van der Waals surface area contributed by atoms with Gasteiger partial charge in [-0.05, 0) is 37.5 Å². The van der Waals surface area contributed by atoms with Crippen molar-refractivity contribution in [3.05, 3.63) is 23.5 Å². The van der Waals surface area contributed by atoms with Crippen LogP contribution in [0.4, 0.5) is 0 Å². The molecule has 2 heterocycles. The third-order valence-corrected chi connectivity index (χ3v) is 5.37. The van der Waals surface area contributed by atoms with Gasteiger partial charge in [0.2, 0.25) is 0 Å². The van der Waals surface area contributed by atoms with E-state index in [-0.39, 0.29) is 11.8 Å². The molecule has 2 aromatic heterocycles. The van der Waals surface area contributed by atoms with Crippen molar-refractivity contribution < 1.29 is 9.90 Å². The second-order valence-corrected chi connectivity index (χ2v) is 6.69. The van der Waals surface area contributed by atoms with E-state index >= 15 is 0 Å². The summed E-state index contributed by atoms with van der Waals surface area (Å²) >= 11 is 1.62. The number of carbonyl (C=O) groups is 1. The van der Waals surface area contributed by atoms with E-state index in [2.05, 4.69) is 11.9 Å². The number of fused-ring (bicyclic) bond motifs is 1. The van der Waals surface area contributed by atoms with Crippen LogP contribution in [0.15, 0.2) is 17.8 Å². The summed E-state index contributed by atoms with van der Waals surface area (Å²) in [7, 11) is 0. The van der Waals surface area contributed by atoms with Gasteiger partial charge in [-0.15, -0.1) is 11.3 Å². The summed E-state index contributed by atoms with van der Waals surface area (Å²) in [6, 6.07) is 0. The Morgan fingerprint density at radius 1 is 1.55 bits per heavy atom. The number of aliphatic carboxylic acids is 1. The molecule has 0 saturated heterocycles. The molecule has 3 unspecified atom stereocenters. The topological polar surface area (TPSA) is 54.6 Å². The maximum absolute atomic E-state index is 11.4. The highest BCUT2D eigenvalue weighted by molar-refractivity contribution is 7.15. The van der Waals surface area contributed by atoms with Crippen LogP contribution in [0.1, 0.15) is 38.3 Å². The predicted octanol–water partition coefficient (Wildman–Crippen LogP) is 3.47. The van der Waals surface area contributed by atoms with Crippen LogP contribution in [0.2, 0.25) is 0 Å². The molecule has 1 saturated carbocycles. The van der Waals surface area contributed by atoms with Crippen LogP contribution in [-0.4, -0.2) is 20.5 Å². The summed E-state index contributed by atoms with van der Waals surface area (Å²) in [5.41, 5.74) is 1.03. The number of imidazole rings is 1. The summed E-state index contributed by atoms with van der Waals surface area (Å²) in [6.45, 7) is 2.20. The lowest BCUT2D eigenvalue weighted by molar-refractivity contribution is -0.145. The minimum Gasteiger partial charge on any atom is -0.481 e. The minimum absolute atomic E-state index is 0.197. The number of thiazole rings is 1. The van der Waals surface area contributed by atoms with Crippen molar-refractivity contribution in [3.8, 4) is 0 Å². The van der Waals surface area contributed by atoms with Crippen molar-refractivity contribution in [2.75, 3.05) is 0 Å². The van der Waals surface area contributed by atoms with Gasteiger partial charge in [0.25, 0.3) is 0 Å². The Morgan fingerprint density at radius 3 is 3.10 bits per heavy atom. The maximum atomic E-state index is 11.4. The molecule has 0 bridgehead atoms. The average Bonchev–Trinajstić information content (AvgIpc) is 2.99. The maximum Gasteiger partial charge on any atom is 0.306 e. The third kappa shape index (κ3) is 2.59. The molecule has 1 aliphatic carbocycles. The van der Waals surface area contributed by atoms with E-state index in [9.17, 15) is 9.90 Å². The zero-order chi connectivity index (χ0) is 14.1. The molecule has 4 nitrogen and oxygen atoms in total. The van der Waals surface area contributed by atoms with Crippen molar-refractivity contribution in [2.45, 2.75) is 39.0 Å². The SMILES string of the molecule is CCC1CCC(C(=O)O)C(Cc2cn3ccsc3n2)C1. The summed E-state index contributed by atoms with van der Waals surface area (Å²) in [5, 5.41) is 11.4. The molecule has 0 amide bonds. The van der Waals surface area contributed by atoms with Gasteiger partial charge in [-0.25, -0.2) is 4.98 Å². The van der Waals surface area contributed by atoms with Crippen molar-refractivity contribution in [1.29, 1.82) is 0 Å². The molecule has 1 aliphatic rings. The lowest BCUT2D eigenvalue weighted by atomic mass is 9.71. The first-order valence-corrected chi connectivity index (χ1v) is 8.19. The average molecular weight is 292 g/mol. The Labute approximate surface area is 122 Å². The molecule has 0 aromatic carbocycles. The van der Waals surface area contributed by atoms with E-state index in [1.165, 1.54) is 0 Å². The molecule has 1 fully saturated rings. The zero-order valence-electron chi connectivity index (χ0n) is 11.7. The number of carboxylic acids is 1. The fourth-order valence-electron chi connectivity index (χ4n) is 3.43. The molecule has 0 aliphatic heterocycles. The van der Waals surface area contributed by atoms with Gasteiger partial charge < -0.3 is 5.11 Å². The second kappa shape index (κ2) is 5.56. The molecule has 20 heavy (non-hydrogen) atoms. The van der Waals surface area contributed by atoms with Crippen LogP contribution in [0.3, 0.4) is 0 Å². The van der Waals surface area contributed by atoms with E-state index in [1.807, 2.05) is 22.2 Å². The number of rotatable bonds is 4. The van der Waals surface area contributed by atoms with Gasteiger partial charge in [0.05, 0.1) is 11.6 Å². The summed E-state index contributed by atoms with van der Waals surface area (Å²) in [4.78, 5) is 17.0.